The molecule has 0 spiro atoms. The summed E-state index contributed by atoms with van der Waals surface area (Å²) in [5.74, 6) is 0. The highest BCUT2D eigenvalue weighted by Gasteiger charge is 2.40. The molecule has 17 heavy (non-hydrogen) atoms. The molecule has 1 N–H and O–H groups in total. The second-order valence-corrected chi connectivity index (χ2v) is 6.09. The van der Waals surface area contributed by atoms with E-state index < -0.39 is 5.60 Å². The second-order valence-electron chi connectivity index (χ2n) is 6.09. The fraction of sp³-hybridized carbons (Fsp3) is 0.923. The van der Waals surface area contributed by atoms with Crippen LogP contribution in [0.2, 0.25) is 0 Å². The summed E-state index contributed by atoms with van der Waals surface area (Å²) in [6, 6.07) is 0. The van der Waals surface area contributed by atoms with E-state index in [9.17, 15) is 4.79 Å². The highest BCUT2D eigenvalue weighted by molar-refractivity contribution is 5.69. The number of carbonyl (C=O) groups excluding carboxylic acids is 1. The molecular formula is C13H26N2O2. The molecule has 1 aliphatic heterocycles. The van der Waals surface area contributed by atoms with Gasteiger partial charge in [0.1, 0.15) is 5.60 Å². The van der Waals surface area contributed by atoms with Gasteiger partial charge in [-0.05, 0) is 60.5 Å². The van der Waals surface area contributed by atoms with Crippen molar-refractivity contribution in [3.8, 4) is 0 Å². The molecule has 1 aliphatic rings. The standard InChI is InChI=1S/C13H26N2O2/c1-12(2,3)17-11(16)15-10-6-7-13(15,4)8-9-14-5/h14H,6-10H2,1-5H3. The Morgan fingerprint density at radius 3 is 2.65 bits per heavy atom. The molecule has 1 rings (SSSR count). The van der Waals surface area contributed by atoms with Gasteiger partial charge in [-0.2, -0.15) is 0 Å². The van der Waals surface area contributed by atoms with Crippen molar-refractivity contribution < 1.29 is 9.53 Å². The maximum atomic E-state index is 12.1. The predicted molar refractivity (Wildman–Crippen MR) is 69.1 cm³/mol. The van der Waals surface area contributed by atoms with Gasteiger partial charge in [0.25, 0.3) is 0 Å². The largest absolute Gasteiger partial charge is 0.444 e. The number of likely N-dealkylation sites (tertiary alicyclic amines) is 1. The van der Waals surface area contributed by atoms with Crippen LogP contribution in [-0.2, 0) is 4.74 Å². The molecule has 0 bridgehead atoms. The van der Waals surface area contributed by atoms with Gasteiger partial charge in [-0.3, -0.25) is 0 Å². The second kappa shape index (κ2) is 5.25. The highest BCUT2D eigenvalue weighted by atomic mass is 16.6. The fourth-order valence-electron chi connectivity index (χ4n) is 2.31. The van der Waals surface area contributed by atoms with Crippen LogP contribution in [0.15, 0.2) is 0 Å². The van der Waals surface area contributed by atoms with Crippen molar-refractivity contribution in [1.82, 2.24) is 10.2 Å². The molecule has 0 aromatic carbocycles. The zero-order valence-electron chi connectivity index (χ0n) is 11.8. The Morgan fingerprint density at radius 2 is 2.12 bits per heavy atom. The van der Waals surface area contributed by atoms with E-state index in [4.69, 9.17) is 4.74 Å². The van der Waals surface area contributed by atoms with Crippen molar-refractivity contribution in [3.05, 3.63) is 0 Å². The first-order valence-corrected chi connectivity index (χ1v) is 6.44. The average molecular weight is 242 g/mol. The van der Waals surface area contributed by atoms with Gasteiger partial charge in [0.2, 0.25) is 0 Å². The van der Waals surface area contributed by atoms with Crippen molar-refractivity contribution in [2.75, 3.05) is 20.1 Å². The minimum absolute atomic E-state index is 0.0503. The average Bonchev–Trinajstić information content (AvgIpc) is 2.55. The Morgan fingerprint density at radius 1 is 1.47 bits per heavy atom. The lowest BCUT2D eigenvalue weighted by Gasteiger charge is -2.36. The molecule has 1 fully saturated rings. The molecule has 1 amide bonds. The van der Waals surface area contributed by atoms with Crippen LogP contribution in [0.4, 0.5) is 4.79 Å². The zero-order chi connectivity index (χ0) is 13.1. The Balaban J connectivity index is 2.65. The van der Waals surface area contributed by atoms with Crippen molar-refractivity contribution in [2.45, 2.75) is 58.1 Å². The van der Waals surface area contributed by atoms with E-state index in [0.717, 1.165) is 32.4 Å². The number of nitrogens with one attached hydrogen (secondary N) is 1. The summed E-state index contributed by atoms with van der Waals surface area (Å²) < 4.78 is 5.46. The summed E-state index contributed by atoms with van der Waals surface area (Å²) in [4.78, 5) is 14.0. The minimum atomic E-state index is -0.413. The lowest BCUT2D eigenvalue weighted by molar-refractivity contribution is 0.00953. The van der Waals surface area contributed by atoms with Gasteiger partial charge in [0.15, 0.2) is 0 Å². The van der Waals surface area contributed by atoms with Gasteiger partial charge in [-0.25, -0.2) is 4.79 Å². The lowest BCUT2D eigenvalue weighted by Crippen LogP contribution is -2.48. The monoisotopic (exact) mass is 242 g/mol. The quantitative estimate of drug-likeness (QED) is 0.826. The first kappa shape index (κ1) is 14.3. The van der Waals surface area contributed by atoms with Gasteiger partial charge in [0.05, 0.1) is 0 Å². The summed E-state index contributed by atoms with van der Waals surface area (Å²) in [6.45, 7) is 9.62. The fourth-order valence-corrected chi connectivity index (χ4v) is 2.31. The summed E-state index contributed by atoms with van der Waals surface area (Å²) in [6.07, 6.45) is 2.93. The van der Waals surface area contributed by atoms with Crippen molar-refractivity contribution in [1.29, 1.82) is 0 Å². The summed E-state index contributed by atoms with van der Waals surface area (Å²) in [5, 5.41) is 3.15. The van der Waals surface area contributed by atoms with E-state index in [1.54, 1.807) is 0 Å². The smallest absolute Gasteiger partial charge is 0.410 e. The van der Waals surface area contributed by atoms with E-state index in [1.165, 1.54) is 0 Å². The van der Waals surface area contributed by atoms with Crippen LogP contribution in [0.25, 0.3) is 0 Å². The van der Waals surface area contributed by atoms with Gasteiger partial charge in [0, 0.05) is 12.1 Å². The maximum absolute atomic E-state index is 12.1. The molecule has 0 aromatic heterocycles. The number of ether oxygens (including phenoxy) is 1. The Labute approximate surface area is 105 Å². The number of nitrogens with zero attached hydrogens (tertiary/aromatic N) is 1. The van der Waals surface area contributed by atoms with Gasteiger partial charge < -0.3 is 15.0 Å². The Bertz CT molecular complexity index is 273. The first-order chi connectivity index (χ1) is 7.78. The number of carbonyl (C=O) groups is 1. The Kier molecular flexibility index (Phi) is 4.42. The molecule has 0 aliphatic carbocycles. The molecule has 0 aromatic rings. The molecular weight excluding hydrogens is 216 g/mol. The van der Waals surface area contributed by atoms with Gasteiger partial charge in [-0.15, -0.1) is 0 Å². The predicted octanol–water partition coefficient (Wildman–Crippen LogP) is 2.39. The number of hydrogen-bond acceptors (Lipinski definition) is 3. The molecule has 0 saturated carbocycles. The van der Waals surface area contributed by atoms with E-state index in [-0.39, 0.29) is 11.6 Å². The molecule has 1 unspecified atom stereocenters. The normalized spacial score (nSPS) is 25.1. The van der Waals surface area contributed by atoms with Gasteiger partial charge >= 0.3 is 6.09 Å². The zero-order valence-corrected chi connectivity index (χ0v) is 11.8. The SMILES string of the molecule is CNCCC1(C)CCCN1C(=O)OC(C)(C)C. The topological polar surface area (TPSA) is 41.6 Å². The van der Waals surface area contributed by atoms with E-state index in [1.807, 2.05) is 32.7 Å². The summed E-state index contributed by atoms with van der Waals surface area (Å²) >= 11 is 0. The van der Waals surface area contributed by atoms with Crippen molar-refractivity contribution in [2.24, 2.45) is 0 Å². The van der Waals surface area contributed by atoms with Gasteiger partial charge in [-0.1, -0.05) is 0 Å². The third-order valence-corrected chi connectivity index (χ3v) is 3.28. The van der Waals surface area contributed by atoms with Crippen molar-refractivity contribution in [3.63, 3.8) is 0 Å². The number of amides is 1. The van der Waals surface area contributed by atoms with Crippen molar-refractivity contribution >= 4 is 6.09 Å². The minimum Gasteiger partial charge on any atom is -0.444 e. The van der Waals surface area contributed by atoms with Crippen LogP contribution in [-0.4, -0.2) is 42.3 Å². The molecule has 1 atom stereocenters. The molecule has 100 valence electrons. The van der Waals surface area contributed by atoms with E-state index in [2.05, 4.69) is 12.2 Å². The molecule has 1 heterocycles. The van der Waals surface area contributed by atoms with Crippen LogP contribution in [0, 0.1) is 0 Å². The molecule has 1 saturated heterocycles. The van der Waals surface area contributed by atoms with E-state index >= 15 is 0 Å². The third-order valence-electron chi connectivity index (χ3n) is 3.28. The summed E-state index contributed by atoms with van der Waals surface area (Å²) in [5.41, 5.74) is -0.463. The maximum Gasteiger partial charge on any atom is 0.410 e. The van der Waals surface area contributed by atoms with Crippen LogP contribution in [0.1, 0.15) is 47.0 Å². The molecule has 4 nitrogen and oxygen atoms in total. The number of hydrogen-bond donors (Lipinski definition) is 1. The highest BCUT2D eigenvalue weighted by Crippen LogP contribution is 2.33. The Hall–Kier alpha value is -0.770. The lowest BCUT2D eigenvalue weighted by atomic mass is 9.95. The van der Waals surface area contributed by atoms with Crippen LogP contribution in [0.3, 0.4) is 0 Å². The van der Waals surface area contributed by atoms with Crippen LogP contribution < -0.4 is 5.32 Å². The first-order valence-electron chi connectivity index (χ1n) is 6.44. The molecule has 4 heteroatoms. The number of rotatable bonds is 3. The summed E-state index contributed by atoms with van der Waals surface area (Å²) in [7, 11) is 1.94. The van der Waals surface area contributed by atoms with Crippen LogP contribution >= 0.6 is 0 Å². The van der Waals surface area contributed by atoms with E-state index in [0.29, 0.717) is 0 Å². The third kappa shape index (κ3) is 3.87. The molecule has 0 radical (unpaired) electrons. The van der Waals surface area contributed by atoms with Crippen LogP contribution in [0.5, 0.6) is 0 Å².